The Morgan fingerprint density at radius 1 is 1.03 bits per heavy atom. The summed E-state index contributed by atoms with van der Waals surface area (Å²) in [4.78, 5) is 31.6. The number of amides is 1. The second-order valence-electron chi connectivity index (χ2n) is 10.1. The number of rotatable bonds is 11. The van der Waals surface area contributed by atoms with E-state index in [-0.39, 0.29) is 17.6 Å². The highest BCUT2D eigenvalue weighted by Crippen LogP contribution is 2.24. The minimum absolute atomic E-state index is 0.0477. The van der Waals surface area contributed by atoms with Gasteiger partial charge in [-0.25, -0.2) is 4.79 Å². The van der Waals surface area contributed by atoms with Crippen LogP contribution in [0.3, 0.4) is 0 Å². The molecule has 4 rings (SSSR count). The molecule has 0 aliphatic rings. The summed E-state index contributed by atoms with van der Waals surface area (Å²) in [5.74, 6) is -0.0477. The smallest absolute Gasteiger partial charge is 0.335 e. The molecule has 0 N–H and O–H groups in total. The molecular formula is C30H35Cl2N5O2. The van der Waals surface area contributed by atoms with Gasteiger partial charge in [-0.15, -0.1) is 0 Å². The first-order valence-corrected chi connectivity index (χ1v) is 14.0. The Morgan fingerprint density at radius 3 is 2.36 bits per heavy atom. The Labute approximate surface area is 239 Å². The van der Waals surface area contributed by atoms with E-state index >= 15 is 0 Å². The van der Waals surface area contributed by atoms with Gasteiger partial charge in [0.1, 0.15) is 0 Å². The fraction of sp³-hybridized carbons (Fsp3) is 0.367. The summed E-state index contributed by atoms with van der Waals surface area (Å²) >= 11 is 12.7. The maximum Gasteiger partial charge on any atom is 0.349 e. The molecule has 2 aromatic carbocycles. The van der Waals surface area contributed by atoms with Crippen molar-refractivity contribution >= 4 is 34.6 Å². The molecule has 39 heavy (non-hydrogen) atoms. The molecule has 0 aliphatic carbocycles. The van der Waals surface area contributed by atoms with Gasteiger partial charge in [0.15, 0.2) is 0 Å². The molecule has 206 valence electrons. The van der Waals surface area contributed by atoms with Crippen molar-refractivity contribution in [2.45, 2.75) is 45.7 Å². The molecule has 0 spiro atoms. The van der Waals surface area contributed by atoms with Crippen molar-refractivity contribution in [2.75, 3.05) is 27.2 Å². The SMILES string of the molecule is CCC(Cc1cc2c(Cl)c(C)nn2c(=O)n1Cc1ccccc1)N(CCCN(C)C)C(=O)c1ccc(Cl)cc1. The number of carbonyl (C=O) groups excluding carboxylic acids is 1. The first-order valence-electron chi connectivity index (χ1n) is 13.2. The molecule has 0 bridgehead atoms. The molecule has 0 aliphatic heterocycles. The maximum absolute atomic E-state index is 13.8. The molecule has 7 nitrogen and oxygen atoms in total. The van der Waals surface area contributed by atoms with E-state index in [0.717, 1.165) is 30.6 Å². The van der Waals surface area contributed by atoms with Crippen molar-refractivity contribution in [3.8, 4) is 0 Å². The minimum atomic E-state index is -0.251. The van der Waals surface area contributed by atoms with E-state index in [2.05, 4.69) is 16.9 Å². The van der Waals surface area contributed by atoms with Gasteiger partial charge in [0.05, 0.1) is 22.8 Å². The summed E-state index contributed by atoms with van der Waals surface area (Å²) in [5.41, 5.74) is 3.34. The Balaban J connectivity index is 1.76. The maximum atomic E-state index is 13.8. The molecule has 2 aromatic heterocycles. The van der Waals surface area contributed by atoms with Crippen molar-refractivity contribution in [2.24, 2.45) is 0 Å². The van der Waals surface area contributed by atoms with E-state index in [1.165, 1.54) is 4.52 Å². The lowest BCUT2D eigenvalue weighted by Gasteiger charge is -2.32. The van der Waals surface area contributed by atoms with Crippen LogP contribution in [0.2, 0.25) is 10.0 Å². The fourth-order valence-corrected chi connectivity index (χ4v) is 5.15. The van der Waals surface area contributed by atoms with Crippen LogP contribution in [0.5, 0.6) is 0 Å². The third-order valence-electron chi connectivity index (χ3n) is 6.98. The summed E-state index contributed by atoms with van der Waals surface area (Å²) in [7, 11) is 4.05. The average molecular weight is 569 g/mol. The van der Waals surface area contributed by atoms with E-state index in [4.69, 9.17) is 23.2 Å². The number of carbonyl (C=O) groups is 1. The molecular weight excluding hydrogens is 533 g/mol. The highest BCUT2D eigenvalue weighted by molar-refractivity contribution is 6.34. The first kappa shape index (κ1) is 28.9. The van der Waals surface area contributed by atoms with E-state index in [1.54, 1.807) is 35.8 Å². The number of hydrogen-bond acceptors (Lipinski definition) is 4. The Bertz CT molecular complexity index is 1480. The van der Waals surface area contributed by atoms with Crippen LogP contribution in [-0.2, 0) is 13.0 Å². The number of fused-ring (bicyclic) bond motifs is 1. The zero-order chi connectivity index (χ0) is 28.1. The molecule has 4 aromatic rings. The van der Waals surface area contributed by atoms with Crippen molar-refractivity contribution in [3.05, 3.63) is 104 Å². The quantitative estimate of drug-likeness (QED) is 0.237. The van der Waals surface area contributed by atoms with Crippen molar-refractivity contribution in [3.63, 3.8) is 0 Å². The molecule has 0 saturated heterocycles. The van der Waals surface area contributed by atoms with Gasteiger partial charge in [0, 0.05) is 35.3 Å². The Hall–Kier alpha value is -3.13. The van der Waals surface area contributed by atoms with E-state index < -0.39 is 0 Å². The topological polar surface area (TPSA) is 62.9 Å². The highest BCUT2D eigenvalue weighted by Gasteiger charge is 2.26. The number of halogens is 2. The highest BCUT2D eigenvalue weighted by atomic mass is 35.5. The molecule has 1 amide bonds. The molecule has 0 radical (unpaired) electrons. The zero-order valence-electron chi connectivity index (χ0n) is 22.9. The van der Waals surface area contributed by atoms with Gasteiger partial charge < -0.3 is 9.80 Å². The second-order valence-corrected chi connectivity index (χ2v) is 10.9. The van der Waals surface area contributed by atoms with Gasteiger partial charge in [-0.3, -0.25) is 9.36 Å². The predicted octanol–water partition coefficient (Wildman–Crippen LogP) is 5.57. The van der Waals surface area contributed by atoms with E-state index in [1.807, 2.05) is 55.4 Å². The third kappa shape index (κ3) is 6.72. The van der Waals surface area contributed by atoms with Gasteiger partial charge in [0.2, 0.25) is 0 Å². The average Bonchev–Trinajstić information content (AvgIpc) is 3.21. The number of aromatic nitrogens is 3. The normalized spacial score (nSPS) is 12.3. The summed E-state index contributed by atoms with van der Waals surface area (Å²) < 4.78 is 3.12. The van der Waals surface area contributed by atoms with Crippen molar-refractivity contribution in [1.82, 2.24) is 24.0 Å². The monoisotopic (exact) mass is 567 g/mol. The molecule has 1 unspecified atom stereocenters. The minimum Gasteiger partial charge on any atom is -0.335 e. The van der Waals surface area contributed by atoms with Crippen LogP contribution in [0.1, 0.15) is 47.1 Å². The van der Waals surface area contributed by atoms with Gasteiger partial charge in [0.25, 0.3) is 5.91 Å². The Kier molecular flexibility index (Phi) is 9.49. The standard InChI is InChI=1S/C30H35Cl2N5O2/c1-5-25(35(17-9-16-34(3)4)29(38)23-12-14-24(31)15-13-23)18-26-19-27-28(32)21(2)33-37(27)30(39)36(26)20-22-10-7-6-8-11-22/h6-8,10-15,19,25H,5,9,16-18,20H2,1-4H3. The van der Waals surface area contributed by atoms with Crippen LogP contribution >= 0.6 is 23.2 Å². The molecule has 1 atom stereocenters. The molecule has 9 heteroatoms. The van der Waals surface area contributed by atoms with Crippen LogP contribution < -0.4 is 5.69 Å². The predicted molar refractivity (Wildman–Crippen MR) is 158 cm³/mol. The molecule has 2 heterocycles. The lowest BCUT2D eigenvalue weighted by molar-refractivity contribution is 0.0662. The lowest BCUT2D eigenvalue weighted by atomic mass is 10.0. The summed E-state index contributed by atoms with van der Waals surface area (Å²) in [5, 5.41) is 5.45. The number of benzene rings is 2. The molecule has 0 fully saturated rings. The summed E-state index contributed by atoms with van der Waals surface area (Å²) in [6.45, 7) is 5.71. The van der Waals surface area contributed by atoms with Gasteiger partial charge in [-0.1, -0.05) is 60.5 Å². The second kappa shape index (κ2) is 12.8. The number of nitrogens with zero attached hydrogens (tertiary/aromatic N) is 5. The van der Waals surface area contributed by atoms with Crippen molar-refractivity contribution in [1.29, 1.82) is 0 Å². The van der Waals surface area contributed by atoms with Crippen molar-refractivity contribution < 1.29 is 4.79 Å². The van der Waals surface area contributed by atoms with Crippen LogP contribution in [0.15, 0.2) is 65.5 Å². The largest absolute Gasteiger partial charge is 0.349 e. The fourth-order valence-electron chi connectivity index (χ4n) is 4.86. The molecule has 0 saturated carbocycles. The van der Waals surface area contributed by atoms with Crippen LogP contribution in [0, 0.1) is 6.92 Å². The van der Waals surface area contributed by atoms with Crippen LogP contribution in [-0.4, -0.2) is 63.1 Å². The van der Waals surface area contributed by atoms with Gasteiger partial charge in [-0.2, -0.15) is 9.61 Å². The number of hydrogen-bond donors (Lipinski definition) is 0. The summed E-state index contributed by atoms with van der Waals surface area (Å²) in [6.07, 6.45) is 2.04. The van der Waals surface area contributed by atoms with E-state index in [9.17, 15) is 9.59 Å². The number of aryl methyl sites for hydroxylation is 1. The first-order chi connectivity index (χ1) is 18.7. The van der Waals surface area contributed by atoms with E-state index in [0.29, 0.717) is 46.3 Å². The van der Waals surface area contributed by atoms with Crippen LogP contribution in [0.25, 0.3) is 5.52 Å². The lowest BCUT2D eigenvalue weighted by Crippen LogP contribution is -2.44. The van der Waals surface area contributed by atoms with Gasteiger partial charge >= 0.3 is 5.69 Å². The Morgan fingerprint density at radius 2 is 1.72 bits per heavy atom. The zero-order valence-corrected chi connectivity index (χ0v) is 24.4. The summed E-state index contributed by atoms with van der Waals surface area (Å²) in [6, 6.07) is 18.7. The van der Waals surface area contributed by atoms with Gasteiger partial charge in [-0.05, 0) is 76.3 Å². The third-order valence-corrected chi connectivity index (χ3v) is 7.70. The van der Waals surface area contributed by atoms with Crippen LogP contribution in [0.4, 0.5) is 0 Å².